The van der Waals surface area contributed by atoms with Gasteiger partial charge < -0.3 is 15.7 Å². The highest BCUT2D eigenvalue weighted by molar-refractivity contribution is 5.86. The van der Waals surface area contributed by atoms with E-state index in [9.17, 15) is 14.7 Å². The van der Waals surface area contributed by atoms with Crippen LogP contribution in [0, 0.1) is 5.92 Å². The Labute approximate surface area is 108 Å². The molecule has 3 N–H and O–H groups in total. The lowest BCUT2D eigenvalue weighted by atomic mass is 9.76. The first-order chi connectivity index (χ1) is 8.39. The average molecular weight is 256 g/mol. The third kappa shape index (κ3) is 3.62. The third-order valence-electron chi connectivity index (χ3n) is 3.75. The van der Waals surface area contributed by atoms with E-state index in [4.69, 9.17) is 0 Å². The topological polar surface area (TPSA) is 78.4 Å². The van der Waals surface area contributed by atoms with E-state index < -0.39 is 11.5 Å². The Bertz CT molecular complexity index is 319. The van der Waals surface area contributed by atoms with Crippen molar-refractivity contribution in [3.63, 3.8) is 0 Å². The number of carboxylic acids is 1. The first kappa shape index (κ1) is 14.8. The molecule has 0 saturated heterocycles. The molecule has 1 fully saturated rings. The van der Waals surface area contributed by atoms with E-state index in [1.54, 1.807) is 0 Å². The van der Waals surface area contributed by atoms with Crippen molar-refractivity contribution in [3.8, 4) is 0 Å². The Hall–Kier alpha value is -1.26. The molecule has 104 valence electrons. The molecule has 0 aromatic carbocycles. The number of carbonyl (C=O) groups is 2. The van der Waals surface area contributed by atoms with Crippen LogP contribution in [-0.4, -0.2) is 28.7 Å². The number of hydrogen-bond donors (Lipinski definition) is 3. The zero-order valence-electron chi connectivity index (χ0n) is 11.5. The minimum atomic E-state index is -1.09. The standard InChI is InChI=1S/C13H24N2O3/c1-4-10(3)14-12(18)15-13(11(16)17)7-5-6-9(2)8-13/h9-10H,4-8H2,1-3H3,(H,16,17)(H2,14,15,18). The number of amides is 2. The number of rotatable bonds is 4. The molecule has 0 spiro atoms. The second kappa shape index (κ2) is 6.07. The molecule has 1 rings (SSSR count). The summed E-state index contributed by atoms with van der Waals surface area (Å²) in [5.74, 6) is -0.591. The second-order valence-electron chi connectivity index (χ2n) is 5.50. The molecule has 1 aliphatic rings. The van der Waals surface area contributed by atoms with E-state index in [1.807, 2.05) is 20.8 Å². The van der Waals surface area contributed by atoms with E-state index in [1.165, 1.54) is 0 Å². The van der Waals surface area contributed by atoms with Gasteiger partial charge in [-0.05, 0) is 32.1 Å². The Kier molecular flexibility index (Phi) is 4.99. The molecular formula is C13H24N2O3. The Morgan fingerprint density at radius 1 is 1.50 bits per heavy atom. The van der Waals surface area contributed by atoms with Crippen molar-refractivity contribution in [1.29, 1.82) is 0 Å². The van der Waals surface area contributed by atoms with Crippen LogP contribution in [0.3, 0.4) is 0 Å². The van der Waals surface area contributed by atoms with Crippen LogP contribution in [0.15, 0.2) is 0 Å². The highest BCUT2D eigenvalue weighted by atomic mass is 16.4. The molecule has 3 atom stereocenters. The number of aliphatic carboxylic acids is 1. The zero-order chi connectivity index (χ0) is 13.8. The van der Waals surface area contributed by atoms with Crippen LogP contribution in [0.5, 0.6) is 0 Å². The highest BCUT2D eigenvalue weighted by Gasteiger charge is 2.43. The molecule has 0 aromatic heterocycles. The van der Waals surface area contributed by atoms with Gasteiger partial charge in [0.05, 0.1) is 0 Å². The zero-order valence-corrected chi connectivity index (χ0v) is 11.5. The minimum absolute atomic E-state index is 0.0526. The maximum Gasteiger partial charge on any atom is 0.329 e. The average Bonchev–Trinajstić information content (AvgIpc) is 2.28. The lowest BCUT2D eigenvalue weighted by molar-refractivity contribution is -0.146. The fourth-order valence-electron chi connectivity index (χ4n) is 2.49. The van der Waals surface area contributed by atoms with Crippen LogP contribution >= 0.6 is 0 Å². The van der Waals surface area contributed by atoms with Crippen LogP contribution in [0.4, 0.5) is 4.79 Å². The summed E-state index contributed by atoms with van der Waals surface area (Å²) in [6.45, 7) is 5.90. The van der Waals surface area contributed by atoms with E-state index in [2.05, 4.69) is 10.6 Å². The SMILES string of the molecule is CCC(C)NC(=O)NC1(C(=O)O)CCCC(C)C1. The summed E-state index contributed by atoms with van der Waals surface area (Å²) in [4.78, 5) is 23.3. The molecular weight excluding hydrogens is 232 g/mol. The van der Waals surface area contributed by atoms with Crippen LogP contribution in [0.2, 0.25) is 0 Å². The van der Waals surface area contributed by atoms with Gasteiger partial charge >= 0.3 is 12.0 Å². The summed E-state index contributed by atoms with van der Waals surface area (Å²) >= 11 is 0. The summed E-state index contributed by atoms with van der Waals surface area (Å²) in [5, 5.41) is 14.8. The Morgan fingerprint density at radius 2 is 2.17 bits per heavy atom. The van der Waals surface area contributed by atoms with Crippen molar-refractivity contribution < 1.29 is 14.7 Å². The molecule has 0 aliphatic heterocycles. The number of urea groups is 1. The molecule has 18 heavy (non-hydrogen) atoms. The second-order valence-corrected chi connectivity index (χ2v) is 5.50. The van der Waals surface area contributed by atoms with Crippen LogP contribution in [-0.2, 0) is 4.79 Å². The molecule has 5 nitrogen and oxygen atoms in total. The van der Waals surface area contributed by atoms with Crippen LogP contribution in [0.25, 0.3) is 0 Å². The number of hydrogen-bond acceptors (Lipinski definition) is 2. The maximum atomic E-state index is 11.8. The van der Waals surface area contributed by atoms with E-state index in [0.717, 1.165) is 19.3 Å². The number of nitrogens with one attached hydrogen (secondary N) is 2. The fraction of sp³-hybridized carbons (Fsp3) is 0.846. The van der Waals surface area contributed by atoms with Gasteiger partial charge in [0.15, 0.2) is 0 Å². The molecule has 1 saturated carbocycles. The Balaban J connectivity index is 2.68. The van der Waals surface area contributed by atoms with Crippen molar-refractivity contribution in [2.24, 2.45) is 5.92 Å². The maximum absolute atomic E-state index is 11.8. The molecule has 0 radical (unpaired) electrons. The van der Waals surface area contributed by atoms with Crippen molar-refractivity contribution in [2.75, 3.05) is 0 Å². The number of carboxylic acid groups (broad SMARTS) is 1. The smallest absolute Gasteiger partial charge is 0.329 e. The first-order valence-electron chi connectivity index (χ1n) is 6.71. The van der Waals surface area contributed by atoms with Gasteiger partial charge in [-0.15, -0.1) is 0 Å². The predicted molar refractivity (Wildman–Crippen MR) is 69.4 cm³/mol. The summed E-state index contributed by atoms with van der Waals surface area (Å²) in [7, 11) is 0. The van der Waals surface area contributed by atoms with E-state index in [-0.39, 0.29) is 12.1 Å². The normalized spacial score (nSPS) is 29.4. The van der Waals surface area contributed by atoms with Gasteiger partial charge in [0, 0.05) is 6.04 Å². The predicted octanol–water partition coefficient (Wildman–Crippen LogP) is 2.12. The summed E-state index contributed by atoms with van der Waals surface area (Å²) in [6, 6.07) is -0.322. The van der Waals surface area contributed by atoms with E-state index in [0.29, 0.717) is 18.8 Å². The molecule has 2 amide bonds. The molecule has 5 heteroatoms. The van der Waals surface area contributed by atoms with Gasteiger partial charge in [-0.3, -0.25) is 0 Å². The summed E-state index contributed by atoms with van der Waals surface area (Å²) < 4.78 is 0. The fourth-order valence-corrected chi connectivity index (χ4v) is 2.49. The minimum Gasteiger partial charge on any atom is -0.480 e. The van der Waals surface area contributed by atoms with Crippen LogP contribution < -0.4 is 10.6 Å². The summed E-state index contributed by atoms with van der Waals surface area (Å²) in [6.07, 6.45) is 3.72. The first-order valence-corrected chi connectivity index (χ1v) is 6.71. The lowest BCUT2D eigenvalue weighted by Crippen LogP contribution is -2.59. The molecule has 0 bridgehead atoms. The number of carbonyl (C=O) groups excluding carboxylic acids is 1. The molecule has 0 aromatic rings. The van der Waals surface area contributed by atoms with Crippen molar-refractivity contribution in [2.45, 2.75) is 64.5 Å². The molecule has 3 unspecified atom stereocenters. The van der Waals surface area contributed by atoms with Crippen molar-refractivity contribution >= 4 is 12.0 Å². The van der Waals surface area contributed by atoms with Gasteiger partial charge in [0.2, 0.25) is 0 Å². The van der Waals surface area contributed by atoms with Gasteiger partial charge in [0.25, 0.3) is 0 Å². The molecule has 0 heterocycles. The van der Waals surface area contributed by atoms with Crippen molar-refractivity contribution in [3.05, 3.63) is 0 Å². The monoisotopic (exact) mass is 256 g/mol. The molecule has 1 aliphatic carbocycles. The van der Waals surface area contributed by atoms with Gasteiger partial charge in [-0.25, -0.2) is 9.59 Å². The largest absolute Gasteiger partial charge is 0.480 e. The summed E-state index contributed by atoms with van der Waals surface area (Å²) in [5.41, 5.74) is -1.09. The third-order valence-corrected chi connectivity index (χ3v) is 3.75. The van der Waals surface area contributed by atoms with E-state index >= 15 is 0 Å². The van der Waals surface area contributed by atoms with Gasteiger partial charge in [-0.2, -0.15) is 0 Å². The van der Waals surface area contributed by atoms with Crippen molar-refractivity contribution in [1.82, 2.24) is 10.6 Å². The highest BCUT2D eigenvalue weighted by Crippen LogP contribution is 2.32. The van der Waals surface area contributed by atoms with Gasteiger partial charge in [0.1, 0.15) is 5.54 Å². The quantitative estimate of drug-likeness (QED) is 0.721. The lowest BCUT2D eigenvalue weighted by Gasteiger charge is -2.37. The van der Waals surface area contributed by atoms with Crippen LogP contribution in [0.1, 0.15) is 52.9 Å². The Morgan fingerprint density at radius 3 is 2.67 bits per heavy atom. The van der Waals surface area contributed by atoms with Gasteiger partial charge in [-0.1, -0.05) is 26.7 Å².